The second kappa shape index (κ2) is 4.84. The molecule has 0 spiro atoms. The van der Waals surface area contributed by atoms with E-state index in [1.807, 2.05) is 7.11 Å². The van der Waals surface area contributed by atoms with Crippen LogP contribution in [0.15, 0.2) is 0 Å². The first-order valence-corrected chi connectivity index (χ1v) is 6.53. The van der Waals surface area contributed by atoms with Crippen molar-refractivity contribution in [3.63, 3.8) is 0 Å². The molecule has 0 radical (unpaired) electrons. The summed E-state index contributed by atoms with van der Waals surface area (Å²) in [4.78, 5) is 0. The molecule has 1 saturated carbocycles. The molecule has 2 aliphatic rings. The van der Waals surface area contributed by atoms with Crippen molar-refractivity contribution in [3.8, 4) is 0 Å². The van der Waals surface area contributed by atoms with Crippen molar-refractivity contribution in [1.29, 1.82) is 0 Å². The van der Waals surface area contributed by atoms with Gasteiger partial charge < -0.3 is 10.1 Å². The van der Waals surface area contributed by atoms with Crippen molar-refractivity contribution in [3.05, 3.63) is 0 Å². The molecule has 2 unspecified atom stereocenters. The Balaban J connectivity index is 2.08. The largest absolute Gasteiger partial charge is 0.384 e. The van der Waals surface area contributed by atoms with Crippen LogP contribution in [-0.2, 0) is 4.74 Å². The maximum Gasteiger partial charge on any atom is 0.0524 e. The maximum absolute atomic E-state index is 5.53. The van der Waals surface area contributed by atoms with Crippen LogP contribution < -0.4 is 5.32 Å². The van der Waals surface area contributed by atoms with E-state index in [0.29, 0.717) is 5.41 Å². The minimum Gasteiger partial charge on any atom is -0.384 e. The molecule has 15 heavy (non-hydrogen) atoms. The maximum atomic E-state index is 5.53. The number of ether oxygens (including phenoxy) is 1. The molecule has 1 N–H and O–H groups in total. The number of nitrogens with one attached hydrogen (secondary N) is 1. The Morgan fingerprint density at radius 3 is 2.80 bits per heavy atom. The van der Waals surface area contributed by atoms with Gasteiger partial charge in [0.2, 0.25) is 0 Å². The average Bonchev–Trinajstić information content (AvgIpc) is 3.05. The predicted octanol–water partition coefficient (Wildman–Crippen LogP) is 2.44. The molecule has 0 aromatic rings. The van der Waals surface area contributed by atoms with Crippen LogP contribution in [-0.4, -0.2) is 26.8 Å². The van der Waals surface area contributed by atoms with Crippen LogP contribution in [0.4, 0.5) is 0 Å². The monoisotopic (exact) mass is 211 g/mol. The fourth-order valence-corrected chi connectivity index (χ4v) is 3.52. The third-order valence-corrected chi connectivity index (χ3v) is 4.41. The Kier molecular flexibility index (Phi) is 3.68. The van der Waals surface area contributed by atoms with E-state index in [1.165, 1.54) is 45.2 Å². The second-order valence-corrected chi connectivity index (χ2v) is 5.38. The van der Waals surface area contributed by atoms with Crippen molar-refractivity contribution in [2.75, 3.05) is 26.8 Å². The zero-order valence-electron chi connectivity index (χ0n) is 10.2. The van der Waals surface area contributed by atoms with E-state index >= 15 is 0 Å². The molecule has 0 bridgehead atoms. The summed E-state index contributed by atoms with van der Waals surface area (Å²) in [5.41, 5.74) is 0.524. The van der Waals surface area contributed by atoms with Crippen LogP contribution in [0.3, 0.4) is 0 Å². The average molecular weight is 211 g/mol. The molecule has 1 heterocycles. The molecule has 0 amide bonds. The lowest BCUT2D eigenvalue weighted by atomic mass is 9.66. The number of hydrogen-bond acceptors (Lipinski definition) is 2. The van der Waals surface area contributed by atoms with Crippen LogP contribution in [0, 0.1) is 17.3 Å². The van der Waals surface area contributed by atoms with E-state index in [4.69, 9.17) is 4.74 Å². The third-order valence-electron chi connectivity index (χ3n) is 4.41. The van der Waals surface area contributed by atoms with Gasteiger partial charge in [-0.1, -0.05) is 13.3 Å². The smallest absolute Gasteiger partial charge is 0.0524 e. The molecule has 2 atom stereocenters. The normalized spacial score (nSPS) is 36.8. The van der Waals surface area contributed by atoms with Crippen molar-refractivity contribution in [2.24, 2.45) is 17.3 Å². The molecule has 2 rings (SSSR count). The summed E-state index contributed by atoms with van der Waals surface area (Å²) < 4.78 is 5.53. The highest BCUT2D eigenvalue weighted by Crippen LogP contribution is 2.54. The first-order valence-electron chi connectivity index (χ1n) is 6.53. The van der Waals surface area contributed by atoms with Crippen molar-refractivity contribution >= 4 is 0 Å². The van der Waals surface area contributed by atoms with Gasteiger partial charge in [0.05, 0.1) is 6.61 Å². The summed E-state index contributed by atoms with van der Waals surface area (Å²) in [5, 5.41) is 3.56. The van der Waals surface area contributed by atoms with Gasteiger partial charge in [-0.25, -0.2) is 0 Å². The van der Waals surface area contributed by atoms with Crippen molar-refractivity contribution in [1.82, 2.24) is 5.32 Å². The van der Waals surface area contributed by atoms with E-state index < -0.39 is 0 Å². The summed E-state index contributed by atoms with van der Waals surface area (Å²) in [6.07, 6.45) is 6.90. The SMILES string of the molecule is CCCC1CNCCC1(COC)C1CC1. The van der Waals surface area contributed by atoms with Crippen LogP contribution in [0.25, 0.3) is 0 Å². The Morgan fingerprint density at radius 2 is 2.20 bits per heavy atom. The Morgan fingerprint density at radius 1 is 1.40 bits per heavy atom. The molecular weight excluding hydrogens is 186 g/mol. The van der Waals surface area contributed by atoms with Gasteiger partial charge in [0, 0.05) is 12.5 Å². The minimum absolute atomic E-state index is 0.524. The molecule has 2 nitrogen and oxygen atoms in total. The lowest BCUT2D eigenvalue weighted by Gasteiger charge is -2.45. The van der Waals surface area contributed by atoms with Crippen LogP contribution in [0.1, 0.15) is 39.0 Å². The third kappa shape index (κ3) is 2.21. The Labute approximate surface area is 93.8 Å². The van der Waals surface area contributed by atoms with Crippen LogP contribution in [0.2, 0.25) is 0 Å². The van der Waals surface area contributed by atoms with Gasteiger partial charge in [0.15, 0.2) is 0 Å². The van der Waals surface area contributed by atoms with Gasteiger partial charge in [-0.05, 0) is 50.6 Å². The molecule has 1 aliphatic heterocycles. The summed E-state index contributed by atoms with van der Waals surface area (Å²) in [5.74, 6) is 1.82. The summed E-state index contributed by atoms with van der Waals surface area (Å²) in [7, 11) is 1.87. The minimum atomic E-state index is 0.524. The number of hydrogen-bond donors (Lipinski definition) is 1. The van der Waals surface area contributed by atoms with E-state index in [1.54, 1.807) is 0 Å². The lowest BCUT2D eigenvalue weighted by molar-refractivity contribution is -0.0132. The summed E-state index contributed by atoms with van der Waals surface area (Å²) in [6, 6.07) is 0. The fourth-order valence-electron chi connectivity index (χ4n) is 3.52. The molecule has 2 fully saturated rings. The summed E-state index contributed by atoms with van der Waals surface area (Å²) >= 11 is 0. The van der Waals surface area contributed by atoms with Gasteiger partial charge >= 0.3 is 0 Å². The molecule has 1 aliphatic carbocycles. The first-order chi connectivity index (χ1) is 7.33. The van der Waals surface area contributed by atoms with Gasteiger partial charge in [-0.3, -0.25) is 0 Å². The van der Waals surface area contributed by atoms with E-state index in [-0.39, 0.29) is 0 Å². The second-order valence-electron chi connectivity index (χ2n) is 5.38. The lowest BCUT2D eigenvalue weighted by Crippen LogP contribution is -2.49. The molecular formula is C13H25NO. The van der Waals surface area contributed by atoms with E-state index in [0.717, 1.165) is 18.4 Å². The van der Waals surface area contributed by atoms with Crippen molar-refractivity contribution in [2.45, 2.75) is 39.0 Å². The zero-order chi connectivity index (χ0) is 10.7. The zero-order valence-corrected chi connectivity index (χ0v) is 10.2. The standard InChI is InChI=1S/C13H25NO/c1-3-4-12-9-14-8-7-13(12,10-15-2)11-5-6-11/h11-12,14H,3-10H2,1-2H3. The van der Waals surface area contributed by atoms with Crippen LogP contribution >= 0.6 is 0 Å². The van der Waals surface area contributed by atoms with Gasteiger partial charge in [0.25, 0.3) is 0 Å². The Bertz CT molecular complexity index is 197. The van der Waals surface area contributed by atoms with Crippen molar-refractivity contribution < 1.29 is 4.74 Å². The van der Waals surface area contributed by atoms with Crippen LogP contribution in [0.5, 0.6) is 0 Å². The highest BCUT2D eigenvalue weighted by Gasteiger charge is 2.50. The van der Waals surface area contributed by atoms with Gasteiger partial charge in [-0.2, -0.15) is 0 Å². The quantitative estimate of drug-likeness (QED) is 0.754. The highest BCUT2D eigenvalue weighted by molar-refractivity contribution is 5.01. The van der Waals surface area contributed by atoms with E-state index in [2.05, 4.69) is 12.2 Å². The molecule has 88 valence electrons. The Hall–Kier alpha value is -0.0800. The van der Waals surface area contributed by atoms with Gasteiger partial charge in [-0.15, -0.1) is 0 Å². The topological polar surface area (TPSA) is 21.3 Å². The number of piperidine rings is 1. The molecule has 1 saturated heterocycles. The fraction of sp³-hybridized carbons (Fsp3) is 1.00. The molecule has 0 aromatic carbocycles. The number of rotatable bonds is 5. The van der Waals surface area contributed by atoms with E-state index in [9.17, 15) is 0 Å². The van der Waals surface area contributed by atoms with Gasteiger partial charge in [0.1, 0.15) is 0 Å². The highest BCUT2D eigenvalue weighted by atomic mass is 16.5. The molecule has 2 heteroatoms. The predicted molar refractivity (Wildman–Crippen MR) is 62.9 cm³/mol. The first kappa shape index (κ1) is 11.4. The summed E-state index contributed by atoms with van der Waals surface area (Å²) in [6.45, 7) is 5.71. The number of methoxy groups -OCH3 is 1. The molecule has 0 aromatic heterocycles.